The van der Waals surface area contributed by atoms with Crippen molar-refractivity contribution in [1.82, 2.24) is 14.8 Å². The molecule has 2 aliphatic heterocycles. The van der Waals surface area contributed by atoms with E-state index < -0.39 is 59.7 Å². The maximum Gasteiger partial charge on any atom is 0.416 e. The molecule has 8 nitrogen and oxygen atoms in total. The SMILES string of the molecule is Cc1ccc2cc1[C@@H](n1cc(CCN3CC(F)C3)c(C(F)(F)F)cc1=O)C(=O)N[C@H](CC(=O)O)c1cc(cc(C)c1F)-c1c(C)cccc1OC2. The molecule has 268 valence electrons. The van der Waals surface area contributed by atoms with Crippen LogP contribution in [0.2, 0.25) is 0 Å². The maximum absolute atomic E-state index is 16.0. The second-order valence-electron chi connectivity index (χ2n) is 13.2. The van der Waals surface area contributed by atoms with E-state index in [1.165, 1.54) is 13.0 Å². The van der Waals surface area contributed by atoms with Crippen LogP contribution in [0, 0.1) is 26.6 Å². The van der Waals surface area contributed by atoms with Crippen LogP contribution in [-0.2, 0) is 28.8 Å². The molecule has 1 amide bonds. The Hall–Kier alpha value is -5.04. The van der Waals surface area contributed by atoms with Crippen LogP contribution in [0.1, 0.15) is 63.0 Å². The topological polar surface area (TPSA) is 101 Å². The molecule has 3 aromatic carbocycles. The maximum atomic E-state index is 16.0. The van der Waals surface area contributed by atoms with Crippen LogP contribution in [0.4, 0.5) is 22.0 Å². The van der Waals surface area contributed by atoms with Gasteiger partial charge in [0.2, 0.25) is 5.91 Å². The average Bonchev–Trinajstić information content (AvgIpc) is 3.03. The fraction of sp³-hybridized carbons (Fsp3) is 0.342. The number of ether oxygens (including phenoxy) is 1. The molecule has 0 aliphatic carbocycles. The van der Waals surface area contributed by atoms with Crippen molar-refractivity contribution in [3.05, 3.63) is 121 Å². The van der Waals surface area contributed by atoms with E-state index in [1.807, 2.05) is 13.0 Å². The third-order valence-electron chi connectivity index (χ3n) is 9.51. The first-order chi connectivity index (χ1) is 24.1. The molecule has 0 unspecified atom stereocenters. The van der Waals surface area contributed by atoms with Gasteiger partial charge in [-0.15, -0.1) is 0 Å². The molecule has 1 aromatic heterocycles. The molecular formula is C38H36F5N3O5. The summed E-state index contributed by atoms with van der Waals surface area (Å²) in [5.41, 5.74) is 0.752. The zero-order valence-electron chi connectivity index (χ0n) is 28.1. The Morgan fingerprint density at radius 2 is 1.73 bits per heavy atom. The largest absolute Gasteiger partial charge is 0.488 e. The van der Waals surface area contributed by atoms with Crippen molar-refractivity contribution in [2.75, 3.05) is 19.6 Å². The summed E-state index contributed by atoms with van der Waals surface area (Å²) >= 11 is 0. The Morgan fingerprint density at radius 1 is 0.980 bits per heavy atom. The van der Waals surface area contributed by atoms with Crippen molar-refractivity contribution in [2.45, 2.75) is 64.7 Å². The number of aromatic nitrogens is 1. The lowest BCUT2D eigenvalue weighted by atomic mass is 9.91. The van der Waals surface area contributed by atoms with Crippen LogP contribution in [0.25, 0.3) is 11.1 Å². The minimum absolute atomic E-state index is 0.00526. The summed E-state index contributed by atoms with van der Waals surface area (Å²) < 4.78 is 79.3. The van der Waals surface area contributed by atoms with Gasteiger partial charge in [0.1, 0.15) is 30.4 Å². The van der Waals surface area contributed by atoms with Crippen molar-refractivity contribution in [1.29, 1.82) is 0 Å². The van der Waals surface area contributed by atoms with Crippen molar-refractivity contribution in [3.8, 4) is 16.9 Å². The zero-order valence-corrected chi connectivity index (χ0v) is 28.1. The second-order valence-corrected chi connectivity index (χ2v) is 13.2. The zero-order chi connectivity index (χ0) is 36.8. The van der Waals surface area contributed by atoms with Crippen molar-refractivity contribution in [3.63, 3.8) is 0 Å². The molecule has 0 spiro atoms. The number of likely N-dealkylation sites (tertiary alicyclic amines) is 1. The monoisotopic (exact) mass is 709 g/mol. The summed E-state index contributed by atoms with van der Waals surface area (Å²) in [5, 5.41) is 12.5. The minimum Gasteiger partial charge on any atom is -0.488 e. The van der Waals surface area contributed by atoms with Crippen molar-refractivity contribution in [2.24, 2.45) is 0 Å². The van der Waals surface area contributed by atoms with Gasteiger partial charge in [-0.05, 0) is 90.4 Å². The number of hydrogen-bond acceptors (Lipinski definition) is 5. The lowest BCUT2D eigenvalue weighted by Gasteiger charge is -2.34. The van der Waals surface area contributed by atoms with Crippen LogP contribution < -0.4 is 15.6 Å². The highest BCUT2D eigenvalue weighted by atomic mass is 19.4. The summed E-state index contributed by atoms with van der Waals surface area (Å²) in [7, 11) is 0. The van der Waals surface area contributed by atoms with Crippen LogP contribution in [0.15, 0.2) is 65.6 Å². The van der Waals surface area contributed by atoms with E-state index in [1.54, 1.807) is 48.2 Å². The van der Waals surface area contributed by atoms with Gasteiger partial charge in [0.15, 0.2) is 0 Å². The average molecular weight is 710 g/mol. The van der Waals surface area contributed by atoms with Crippen LogP contribution in [0.3, 0.4) is 0 Å². The molecule has 1 fully saturated rings. The highest BCUT2D eigenvalue weighted by Crippen LogP contribution is 2.39. The lowest BCUT2D eigenvalue weighted by Crippen LogP contribution is -2.49. The number of benzene rings is 3. The predicted octanol–water partition coefficient (Wildman–Crippen LogP) is 6.61. The van der Waals surface area contributed by atoms with E-state index in [0.29, 0.717) is 34.1 Å². The number of rotatable bonds is 6. The molecule has 3 heterocycles. The van der Waals surface area contributed by atoms with Gasteiger partial charge in [-0.2, -0.15) is 13.2 Å². The van der Waals surface area contributed by atoms with Crippen molar-refractivity contribution < 1.29 is 41.4 Å². The second kappa shape index (κ2) is 13.9. The number of nitrogens with one attached hydrogen (secondary N) is 1. The number of amides is 1. The van der Waals surface area contributed by atoms with E-state index in [-0.39, 0.29) is 54.9 Å². The third kappa shape index (κ3) is 7.39. The van der Waals surface area contributed by atoms with E-state index in [2.05, 4.69) is 5.32 Å². The number of nitrogens with zero attached hydrogens (tertiary/aromatic N) is 2. The Bertz CT molecular complexity index is 2070. The Kier molecular flexibility index (Phi) is 9.78. The molecule has 2 aliphatic rings. The van der Waals surface area contributed by atoms with Gasteiger partial charge in [0.05, 0.1) is 18.0 Å². The number of carbonyl (C=O) groups excluding carboxylic acids is 1. The predicted molar refractivity (Wildman–Crippen MR) is 179 cm³/mol. The van der Waals surface area contributed by atoms with Crippen LogP contribution >= 0.6 is 0 Å². The minimum atomic E-state index is -4.90. The molecule has 0 radical (unpaired) electrons. The molecular weight excluding hydrogens is 673 g/mol. The van der Waals surface area contributed by atoms with Gasteiger partial charge in [0.25, 0.3) is 5.56 Å². The van der Waals surface area contributed by atoms with Gasteiger partial charge in [-0.1, -0.05) is 24.3 Å². The standard InChI is InChI=1S/C38H36F5N3O5/c1-20-7-8-23-12-27(20)36(46-16-24(9-10-45-17-26(39)18-45)29(14-32(46)47)38(41,42)43)37(50)44-30(15-33(48)49)28-13-25(11-22(3)35(28)40)34-21(2)5-4-6-31(34)51-19-23/h4-8,11-14,16,26,30,36H,9-10,15,17-19H2,1-3H3,(H,44,50)(H,48,49)/t30-,36-/m1/s1. The Labute approximate surface area is 290 Å². The molecule has 4 bridgehead atoms. The number of halogens is 5. The number of aliphatic carboxylic acids is 1. The number of carboxylic acid groups (broad SMARTS) is 1. The first kappa shape index (κ1) is 35.8. The summed E-state index contributed by atoms with van der Waals surface area (Å²) in [6, 6.07) is 10.9. The number of hydrogen-bond donors (Lipinski definition) is 2. The summed E-state index contributed by atoms with van der Waals surface area (Å²) in [6.07, 6.45) is -5.91. The summed E-state index contributed by atoms with van der Waals surface area (Å²) in [4.78, 5) is 41.9. The highest BCUT2D eigenvalue weighted by Gasteiger charge is 2.37. The van der Waals surface area contributed by atoms with Gasteiger partial charge in [0, 0.05) is 43.0 Å². The smallest absolute Gasteiger partial charge is 0.416 e. The third-order valence-corrected chi connectivity index (χ3v) is 9.51. The molecule has 0 saturated carbocycles. The Morgan fingerprint density at radius 3 is 2.41 bits per heavy atom. The molecule has 2 N–H and O–H groups in total. The fourth-order valence-electron chi connectivity index (χ4n) is 6.87. The molecule has 4 aromatic rings. The van der Waals surface area contributed by atoms with Gasteiger partial charge >= 0.3 is 12.1 Å². The number of pyridine rings is 1. The van der Waals surface area contributed by atoms with E-state index in [4.69, 9.17) is 4.74 Å². The van der Waals surface area contributed by atoms with Crippen LogP contribution in [-0.4, -0.2) is 52.3 Å². The van der Waals surface area contributed by atoms with Gasteiger partial charge in [-0.25, -0.2) is 8.78 Å². The molecule has 51 heavy (non-hydrogen) atoms. The summed E-state index contributed by atoms with van der Waals surface area (Å²) in [6.45, 7) is 5.27. The van der Waals surface area contributed by atoms with Gasteiger partial charge < -0.3 is 15.2 Å². The van der Waals surface area contributed by atoms with Crippen molar-refractivity contribution >= 4 is 11.9 Å². The first-order valence-corrected chi connectivity index (χ1v) is 16.4. The number of alkyl halides is 4. The Balaban J connectivity index is 1.56. The molecule has 1 saturated heterocycles. The summed E-state index contributed by atoms with van der Waals surface area (Å²) in [5.74, 6) is -2.58. The number of fused-ring (bicyclic) bond motifs is 6. The lowest BCUT2D eigenvalue weighted by molar-refractivity contribution is -0.139. The number of carbonyl (C=O) groups is 2. The number of carboxylic acids is 1. The van der Waals surface area contributed by atoms with E-state index in [0.717, 1.165) is 16.3 Å². The van der Waals surface area contributed by atoms with E-state index >= 15 is 4.39 Å². The normalized spacial score (nSPS) is 18.2. The molecule has 6 rings (SSSR count). The van der Waals surface area contributed by atoms with Gasteiger partial charge in [-0.3, -0.25) is 23.9 Å². The number of aryl methyl sites for hydroxylation is 3. The molecule has 2 atom stereocenters. The molecule has 13 heteroatoms. The fourth-order valence-corrected chi connectivity index (χ4v) is 6.87. The first-order valence-electron chi connectivity index (χ1n) is 16.4. The highest BCUT2D eigenvalue weighted by molar-refractivity contribution is 5.85. The van der Waals surface area contributed by atoms with E-state index in [9.17, 15) is 37.1 Å². The van der Waals surface area contributed by atoms with Crippen LogP contribution in [0.5, 0.6) is 5.75 Å². The quantitative estimate of drug-likeness (QED) is 0.219.